The average molecular weight is 491 g/mol. The lowest BCUT2D eigenvalue weighted by Crippen LogP contribution is -2.44. The molecule has 1 fully saturated rings. The first-order valence-corrected chi connectivity index (χ1v) is 12.5. The fourth-order valence-corrected chi connectivity index (χ4v) is 4.96. The summed E-state index contributed by atoms with van der Waals surface area (Å²) in [7, 11) is 4.09. The van der Waals surface area contributed by atoms with E-state index < -0.39 is 0 Å². The second-order valence-electron chi connectivity index (χ2n) is 9.17. The van der Waals surface area contributed by atoms with Gasteiger partial charge >= 0.3 is 6.03 Å². The van der Waals surface area contributed by atoms with E-state index in [9.17, 15) is 4.79 Å². The molecule has 9 heteroatoms. The molecule has 33 heavy (non-hydrogen) atoms. The number of aromatic nitrogens is 2. The number of amides is 2. The van der Waals surface area contributed by atoms with Crippen LogP contribution in [0.25, 0.3) is 0 Å². The first-order chi connectivity index (χ1) is 15.9. The lowest BCUT2D eigenvalue weighted by molar-refractivity contribution is 0.231. The van der Waals surface area contributed by atoms with Gasteiger partial charge in [0.05, 0.1) is 15.7 Å². The summed E-state index contributed by atoms with van der Waals surface area (Å²) < 4.78 is 0. The smallest absolute Gasteiger partial charge is 0.315 e. The molecule has 1 aromatic heterocycles. The van der Waals surface area contributed by atoms with Crippen LogP contribution in [0.15, 0.2) is 18.2 Å². The number of hydrogen-bond donors (Lipinski definition) is 3. The van der Waals surface area contributed by atoms with Crippen molar-refractivity contribution >= 4 is 41.0 Å². The van der Waals surface area contributed by atoms with E-state index in [0.717, 1.165) is 55.9 Å². The molecule has 1 aromatic carbocycles. The van der Waals surface area contributed by atoms with Gasteiger partial charge in [0.2, 0.25) is 5.95 Å². The zero-order valence-electron chi connectivity index (χ0n) is 19.3. The van der Waals surface area contributed by atoms with Crippen LogP contribution in [0.1, 0.15) is 55.3 Å². The maximum atomic E-state index is 12.3. The molecule has 1 heterocycles. The van der Waals surface area contributed by atoms with Gasteiger partial charge < -0.3 is 20.9 Å². The van der Waals surface area contributed by atoms with Crippen molar-refractivity contribution in [1.29, 1.82) is 0 Å². The number of urea groups is 1. The fraction of sp³-hybridized carbons (Fsp3) is 0.542. The van der Waals surface area contributed by atoms with Crippen LogP contribution < -0.4 is 20.9 Å². The second-order valence-corrected chi connectivity index (χ2v) is 9.98. The third-order valence-corrected chi connectivity index (χ3v) is 7.16. The normalized spacial score (nSPS) is 20.0. The van der Waals surface area contributed by atoms with Crippen LogP contribution >= 0.6 is 23.2 Å². The number of nitrogens with zero attached hydrogens (tertiary/aromatic N) is 3. The van der Waals surface area contributed by atoms with E-state index in [2.05, 4.69) is 20.9 Å². The molecule has 2 amide bonds. The van der Waals surface area contributed by atoms with E-state index in [0.29, 0.717) is 22.6 Å². The summed E-state index contributed by atoms with van der Waals surface area (Å²) in [5.74, 6) is 1.77. The summed E-state index contributed by atoms with van der Waals surface area (Å²) in [6.45, 7) is 0.406. The van der Waals surface area contributed by atoms with Crippen LogP contribution in [0.4, 0.5) is 16.6 Å². The topological polar surface area (TPSA) is 82.2 Å². The van der Waals surface area contributed by atoms with Gasteiger partial charge in [-0.05, 0) is 69.1 Å². The molecular weight excluding hydrogens is 459 g/mol. The molecule has 0 saturated heterocycles. The Balaban J connectivity index is 1.25. The zero-order chi connectivity index (χ0) is 23.4. The number of anilines is 2. The van der Waals surface area contributed by atoms with Crippen molar-refractivity contribution in [1.82, 2.24) is 20.6 Å². The Labute approximate surface area is 205 Å². The fourth-order valence-electron chi connectivity index (χ4n) is 4.64. The number of aryl methyl sites for hydroxylation is 1. The summed E-state index contributed by atoms with van der Waals surface area (Å²) in [6, 6.07) is 5.69. The van der Waals surface area contributed by atoms with E-state index in [4.69, 9.17) is 33.2 Å². The largest absolute Gasteiger partial charge is 0.362 e. The van der Waals surface area contributed by atoms with Gasteiger partial charge in [-0.25, -0.2) is 9.78 Å². The van der Waals surface area contributed by atoms with E-state index in [1.807, 2.05) is 20.2 Å². The molecule has 2 aliphatic carbocycles. The molecule has 0 unspecified atom stereocenters. The predicted molar refractivity (Wildman–Crippen MR) is 135 cm³/mol. The number of rotatable bonds is 6. The Morgan fingerprint density at radius 1 is 1.03 bits per heavy atom. The number of benzene rings is 1. The summed E-state index contributed by atoms with van der Waals surface area (Å²) >= 11 is 12.0. The molecule has 7 nitrogen and oxygen atoms in total. The van der Waals surface area contributed by atoms with Crippen LogP contribution in [-0.2, 0) is 19.4 Å². The molecule has 0 aliphatic heterocycles. The van der Waals surface area contributed by atoms with E-state index >= 15 is 0 Å². The zero-order valence-corrected chi connectivity index (χ0v) is 20.8. The lowest BCUT2D eigenvalue weighted by Gasteiger charge is -2.30. The van der Waals surface area contributed by atoms with E-state index in [1.54, 1.807) is 12.1 Å². The maximum Gasteiger partial charge on any atom is 0.315 e. The molecule has 0 bridgehead atoms. The number of carbonyl (C=O) groups excluding carboxylic acids is 1. The van der Waals surface area contributed by atoms with Crippen molar-refractivity contribution in [2.45, 2.75) is 70.0 Å². The van der Waals surface area contributed by atoms with Gasteiger partial charge in [0.25, 0.3) is 0 Å². The third kappa shape index (κ3) is 6.21. The summed E-state index contributed by atoms with van der Waals surface area (Å²) in [6.07, 6.45) is 8.27. The van der Waals surface area contributed by atoms with Gasteiger partial charge in [0, 0.05) is 38.3 Å². The molecule has 0 spiro atoms. The van der Waals surface area contributed by atoms with Gasteiger partial charge in [-0.2, -0.15) is 4.98 Å². The van der Waals surface area contributed by atoms with Crippen LogP contribution in [0.2, 0.25) is 10.0 Å². The molecule has 3 N–H and O–H groups in total. The Morgan fingerprint density at radius 2 is 1.76 bits per heavy atom. The minimum atomic E-state index is -0.161. The Kier molecular flexibility index (Phi) is 7.81. The minimum Gasteiger partial charge on any atom is -0.362 e. The number of hydrogen-bond acceptors (Lipinski definition) is 5. The second kappa shape index (κ2) is 10.8. The van der Waals surface area contributed by atoms with Gasteiger partial charge in [-0.15, -0.1) is 0 Å². The number of carbonyl (C=O) groups is 1. The molecule has 1 saturated carbocycles. The molecule has 178 valence electrons. The summed E-state index contributed by atoms with van der Waals surface area (Å²) in [4.78, 5) is 24.1. The Hall–Kier alpha value is -2.25. The predicted octanol–water partition coefficient (Wildman–Crippen LogP) is 4.95. The van der Waals surface area contributed by atoms with Crippen LogP contribution in [0.5, 0.6) is 0 Å². The van der Waals surface area contributed by atoms with Gasteiger partial charge in [-0.3, -0.25) is 0 Å². The Morgan fingerprint density at radius 3 is 2.48 bits per heavy atom. The monoisotopic (exact) mass is 490 g/mol. The molecule has 2 aromatic rings. The number of halogens is 2. The molecular formula is C24H32Cl2N6O. The summed E-state index contributed by atoms with van der Waals surface area (Å²) in [5.41, 5.74) is 3.41. The Bertz CT molecular complexity index is 991. The quantitative estimate of drug-likeness (QED) is 0.533. The number of fused-ring (bicyclic) bond motifs is 1. The molecule has 0 radical (unpaired) electrons. The van der Waals surface area contributed by atoms with Gasteiger partial charge in [0.15, 0.2) is 0 Å². The first kappa shape index (κ1) is 23.9. The lowest BCUT2D eigenvalue weighted by atomic mass is 9.91. The highest BCUT2D eigenvalue weighted by molar-refractivity contribution is 6.42. The van der Waals surface area contributed by atoms with E-state index in [-0.39, 0.29) is 12.1 Å². The van der Waals surface area contributed by atoms with Crippen LogP contribution in [0.3, 0.4) is 0 Å². The van der Waals surface area contributed by atoms with Crippen molar-refractivity contribution in [2.24, 2.45) is 0 Å². The highest BCUT2D eigenvalue weighted by Crippen LogP contribution is 2.29. The maximum absolute atomic E-state index is 12.3. The van der Waals surface area contributed by atoms with Crippen molar-refractivity contribution in [3.05, 3.63) is 45.1 Å². The third-order valence-electron chi connectivity index (χ3n) is 6.42. The first-order valence-electron chi connectivity index (χ1n) is 11.7. The number of nitrogens with one attached hydrogen (secondary N) is 3. The summed E-state index contributed by atoms with van der Waals surface area (Å²) in [5, 5.41) is 10.5. The highest BCUT2D eigenvalue weighted by atomic mass is 35.5. The van der Waals surface area contributed by atoms with Crippen LogP contribution in [0, 0.1) is 0 Å². The average Bonchev–Trinajstić information content (AvgIpc) is 2.80. The van der Waals surface area contributed by atoms with Crippen molar-refractivity contribution < 1.29 is 4.79 Å². The highest BCUT2D eigenvalue weighted by Gasteiger charge is 2.24. The van der Waals surface area contributed by atoms with Crippen molar-refractivity contribution in [2.75, 3.05) is 24.3 Å². The van der Waals surface area contributed by atoms with E-state index in [1.165, 1.54) is 24.1 Å². The van der Waals surface area contributed by atoms with Gasteiger partial charge in [0.1, 0.15) is 5.82 Å². The van der Waals surface area contributed by atoms with Crippen molar-refractivity contribution in [3.63, 3.8) is 0 Å². The molecule has 2 aliphatic rings. The standard InChI is InChI=1S/C24H32Cl2N6O/c1-32(2)22-18-5-3-4-6-21(18)30-23(31-22)28-16-8-10-17(11-9-16)29-24(33)27-14-15-7-12-19(25)20(26)13-15/h7,12-13,16-17H,3-6,8-11,14H2,1-2H3,(H2,27,29,33)(H,28,30,31)/t16-,17+. The van der Waals surface area contributed by atoms with Crippen LogP contribution in [-0.4, -0.2) is 42.2 Å². The van der Waals surface area contributed by atoms with Gasteiger partial charge in [-0.1, -0.05) is 29.3 Å². The SMILES string of the molecule is CN(C)c1nc(N[C@H]2CC[C@@H](NC(=O)NCc3ccc(Cl)c(Cl)c3)CC2)nc2c1CCCC2. The molecule has 4 rings (SSSR count). The minimum absolute atomic E-state index is 0.161. The van der Waals surface area contributed by atoms with Crippen molar-refractivity contribution in [3.8, 4) is 0 Å². The molecule has 0 atom stereocenters.